The van der Waals surface area contributed by atoms with Gasteiger partial charge in [0, 0.05) is 46.5 Å². The molecule has 0 saturated heterocycles. The van der Waals surface area contributed by atoms with Crippen molar-refractivity contribution in [3.63, 3.8) is 0 Å². The molecule has 0 aliphatic heterocycles. The van der Waals surface area contributed by atoms with Crippen molar-refractivity contribution in [2.24, 2.45) is 0 Å². The van der Waals surface area contributed by atoms with Crippen molar-refractivity contribution in [3.05, 3.63) is 176 Å². The summed E-state index contributed by atoms with van der Waals surface area (Å²) in [5.41, 5.74) is 12.8. The molecule has 0 unspecified atom stereocenters. The quantitative estimate of drug-likeness (QED) is 0.169. The molecule has 0 aliphatic rings. The third-order valence-corrected chi connectivity index (χ3v) is 9.07. The van der Waals surface area contributed by atoms with Crippen molar-refractivity contribution >= 4 is 21.7 Å². The second-order valence-electron chi connectivity index (χ2n) is 12.2. The molecular formula is C45H29N5. The van der Waals surface area contributed by atoms with Gasteiger partial charge in [0.15, 0.2) is 0 Å². The van der Waals surface area contributed by atoms with Crippen LogP contribution in [0.2, 0.25) is 0 Å². The van der Waals surface area contributed by atoms with E-state index < -0.39 is 0 Å². The Bertz CT molecular complexity index is 2550. The fraction of sp³-hybridized carbons (Fsp3) is 0. The van der Waals surface area contributed by atoms with Gasteiger partial charge in [0.05, 0.1) is 34.0 Å². The first-order valence-corrected chi connectivity index (χ1v) is 16.6. The zero-order valence-corrected chi connectivity index (χ0v) is 27.0. The van der Waals surface area contributed by atoms with Gasteiger partial charge >= 0.3 is 0 Å². The topological polar surface area (TPSA) is 64.5 Å². The summed E-state index contributed by atoms with van der Waals surface area (Å²) < 4.78 is 0. The van der Waals surface area contributed by atoms with Crippen molar-refractivity contribution in [1.82, 2.24) is 24.9 Å². The van der Waals surface area contributed by atoms with Crippen molar-refractivity contribution < 1.29 is 0 Å². The lowest BCUT2D eigenvalue weighted by Crippen LogP contribution is -1.94. The summed E-state index contributed by atoms with van der Waals surface area (Å²) in [5.74, 6) is 0. The van der Waals surface area contributed by atoms with Crippen LogP contribution >= 0.6 is 0 Å². The van der Waals surface area contributed by atoms with Gasteiger partial charge in [-0.05, 0) is 88.0 Å². The normalized spacial score (nSPS) is 11.2. The van der Waals surface area contributed by atoms with Gasteiger partial charge in [-0.3, -0.25) is 15.0 Å². The molecule has 0 bridgehead atoms. The second kappa shape index (κ2) is 12.6. The van der Waals surface area contributed by atoms with Gasteiger partial charge in [-0.2, -0.15) is 0 Å². The molecule has 50 heavy (non-hydrogen) atoms. The molecule has 0 aliphatic carbocycles. The number of nitrogens with zero attached hydrogens (tertiary/aromatic N) is 5. The van der Waals surface area contributed by atoms with Gasteiger partial charge in [-0.15, -0.1) is 0 Å². The van der Waals surface area contributed by atoms with Crippen molar-refractivity contribution in [2.75, 3.05) is 0 Å². The van der Waals surface area contributed by atoms with Crippen LogP contribution in [0.5, 0.6) is 0 Å². The van der Waals surface area contributed by atoms with E-state index in [4.69, 9.17) is 9.97 Å². The Labute approximate surface area is 289 Å². The van der Waals surface area contributed by atoms with Crippen molar-refractivity contribution in [2.45, 2.75) is 0 Å². The van der Waals surface area contributed by atoms with Gasteiger partial charge in [-0.1, -0.05) is 97.1 Å². The van der Waals surface area contributed by atoms with E-state index in [1.165, 1.54) is 16.5 Å². The van der Waals surface area contributed by atoms with Crippen LogP contribution in [0.25, 0.3) is 89.1 Å². The highest BCUT2D eigenvalue weighted by Crippen LogP contribution is 2.40. The van der Waals surface area contributed by atoms with E-state index in [1.54, 1.807) is 18.6 Å². The SMILES string of the molecule is c1ccc(-c2cccc3c(-c4cccnc4)nc4cc(-c5ccc(-c6cc(-c7ccccn7)nc(-c7ccccn7)c6)cc5)ccc4c23)cc1. The Balaban J connectivity index is 1.16. The fourth-order valence-corrected chi connectivity index (χ4v) is 6.66. The Morgan fingerprint density at radius 1 is 0.360 bits per heavy atom. The first-order valence-electron chi connectivity index (χ1n) is 16.6. The molecule has 0 radical (unpaired) electrons. The molecule has 0 spiro atoms. The molecule has 5 aromatic heterocycles. The van der Waals surface area contributed by atoms with E-state index in [0.717, 1.165) is 72.6 Å². The Morgan fingerprint density at radius 3 is 1.68 bits per heavy atom. The van der Waals surface area contributed by atoms with E-state index in [9.17, 15) is 0 Å². The van der Waals surface area contributed by atoms with E-state index in [0.29, 0.717) is 0 Å². The van der Waals surface area contributed by atoms with Gasteiger partial charge < -0.3 is 0 Å². The highest BCUT2D eigenvalue weighted by molar-refractivity contribution is 6.17. The number of pyridine rings is 5. The number of fused-ring (bicyclic) bond motifs is 3. The minimum Gasteiger partial charge on any atom is -0.264 e. The Kier molecular flexibility index (Phi) is 7.41. The van der Waals surface area contributed by atoms with Crippen molar-refractivity contribution in [1.29, 1.82) is 0 Å². The average molecular weight is 640 g/mol. The average Bonchev–Trinajstić information content (AvgIpc) is 3.21. The van der Waals surface area contributed by atoms with Gasteiger partial charge in [0.25, 0.3) is 0 Å². The molecule has 0 saturated carbocycles. The van der Waals surface area contributed by atoms with Crippen LogP contribution in [0.1, 0.15) is 0 Å². The predicted molar refractivity (Wildman–Crippen MR) is 203 cm³/mol. The van der Waals surface area contributed by atoms with Gasteiger partial charge in [-0.25, -0.2) is 9.97 Å². The van der Waals surface area contributed by atoms with Crippen LogP contribution in [0.15, 0.2) is 176 Å². The van der Waals surface area contributed by atoms with Crippen LogP contribution in [-0.4, -0.2) is 24.9 Å². The van der Waals surface area contributed by atoms with Crippen LogP contribution in [0, 0.1) is 0 Å². The number of benzene rings is 4. The van der Waals surface area contributed by atoms with E-state index in [-0.39, 0.29) is 0 Å². The Morgan fingerprint density at radius 2 is 1.02 bits per heavy atom. The molecule has 9 rings (SSSR count). The molecule has 9 aromatic rings. The summed E-state index contributed by atoms with van der Waals surface area (Å²) in [6, 6.07) is 52.4. The summed E-state index contributed by atoms with van der Waals surface area (Å²) in [6.07, 6.45) is 7.28. The summed E-state index contributed by atoms with van der Waals surface area (Å²) >= 11 is 0. The highest BCUT2D eigenvalue weighted by Gasteiger charge is 2.16. The van der Waals surface area contributed by atoms with Gasteiger partial charge in [0.1, 0.15) is 0 Å². The third kappa shape index (κ3) is 5.47. The number of hydrogen-bond donors (Lipinski definition) is 0. The molecule has 0 fully saturated rings. The molecular weight excluding hydrogens is 611 g/mol. The van der Waals surface area contributed by atoms with Crippen LogP contribution in [-0.2, 0) is 0 Å². The summed E-state index contributed by atoms with van der Waals surface area (Å²) in [5, 5.41) is 3.42. The number of aromatic nitrogens is 5. The molecule has 5 nitrogen and oxygen atoms in total. The lowest BCUT2D eigenvalue weighted by molar-refractivity contribution is 1.22. The number of hydrogen-bond acceptors (Lipinski definition) is 5. The predicted octanol–water partition coefficient (Wildman–Crippen LogP) is 11.0. The standard InChI is InChI=1S/C45H29N5/c1-2-10-32(11-3-1)36-13-8-14-38-44(36)37-22-21-33(26-41(37)50-45(38)34-12-9-23-46-29-34)30-17-19-31(20-18-30)35-27-42(39-15-4-6-24-47-39)49-43(28-35)40-16-5-7-25-48-40/h1-29H. The second-order valence-corrected chi connectivity index (χ2v) is 12.2. The molecule has 0 amide bonds. The van der Waals surface area contributed by atoms with E-state index in [1.807, 2.05) is 48.7 Å². The van der Waals surface area contributed by atoms with E-state index >= 15 is 0 Å². The number of rotatable bonds is 6. The zero-order chi connectivity index (χ0) is 33.3. The summed E-state index contributed by atoms with van der Waals surface area (Å²) in [7, 11) is 0. The van der Waals surface area contributed by atoms with Crippen LogP contribution in [0.4, 0.5) is 0 Å². The fourth-order valence-electron chi connectivity index (χ4n) is 6.66. The molecule has 5 heteroatoms. The van der Waals surface area contributed by atoms with Crippen molar-refractivity contribution in [3.8, 4) is 67.4 Å². The molecule has 4 aromatic carbocycles. The summed E-state index contributed by atoms with van der Waals surface area (Å²) in [6.45, 7) is 0. The smallest absolute Gasteiger partial charge is 0.0900 e. The molecule has 0 atom stereocenters. The summed E-state index contributed by atoms with van der Waals surface area (Å²) in [4.78, 5) is 23.8. The minimum absolute atomic E-state index is 0.806. The minimum atomic E-state index is 0.806. The zero-order valence-electron chi connectivity index (χ0n) is 27.0. The lowest BCUT2D eigenvalue weighted by Gasteiger charge is -2.15. The molecule has 234 valence electrons. The molecule has 0 N–H and O–H groups in total. The largest absolute Gasteiger partial charge is 0.264 e. The highest BCUT2D eigenvalue weighted by atomic mass is 14.8. The maximum Gasteiger partial charge on any atom is 0.0900 e. The molecule has 5 heterocycles. The monoisotopic (exact) mass is 639 g/mol. The van der Waals surface area contributed by atoms with Crippen LogP contribution in [0.3, 0.4) is 0 Å². The first-order chi connectivity index (χ1) is 24.8. The van der Waals surface area contributed by atoms with Gasteiger partial charge in [0.2, 0.25) is 0 Å². The first kappa shape index (κ1) is 29.3. The lowest BCUT2D eigenvalue weighted by atomic mass is 9.92. The Hall–Kier alpha value is -6.85. The maximum atomic E-state index is 5.28. The van der Waals surface area contributed by atoms with E-state index in [2.05, 4.69) is 124 Å². The third-order valence-electron chi connectivity index (χ3n) is 9.07. The van der Waals surface area contributed by atoms with Crippen LogP contribution < -0.4 is 0 Å². The maximum absolute atomic E-state index is 5.28.